The minimum atomic E-state index is 0.434. The van der Waals surface area contributed by atoms with Crippen molar-refractivity contribution >= 4 is 44.3 Å². The largest absolute Gasteiger partial charge is 0.496 e. The van der Waals surface area contributed by atoms with Gasteiger partial charge in [0, 0.05) is 10.5 Å². The number of oxazole rings is 1. The summed E-state index contributed by atoms with van der Waals surface area (Å²) in [7, 11) is 1.56. The van der Waals surface area contributed by atoms with Crippen LogP contribution in [-0.4, -0.2) is 12.1 Å². The number of nitrogens with two attached hydrogens (primary N) is 1. The maximum Gasteiger partial charge on any atom is 0.231 e. The third-order valence-corrected chi connectivity index (χ3v) is 3.72. The van der Waals surface area contributed by atoms with Crippen molar-refractivity contribution in [3.63, 3.8) is 0 Å². The maximum absolute atomic E-state index is 6.06. The fourth-order valence-corrected chi connectivity index (χ4v) is 2.43. The van der Waals surface area contributed by atoms with Crippen LogP contribution in [0.5, 0.6) is 5.75 Å². The van der Waals surface area contributed by atoms with Crippen LogP contribution in [0.15, 0.2) is 39.2 Å². The van der Waals surface area contributed by atoms with Crippen molar-refractivity contribution < 1.29 is 9.15 Å². The van der Waals surface area contributed by atoms with Gasteiger partial charge in [-0.25, -0.2) is 4.98 Å². The number of anilines is 1. The molecule has 0 amide bonds. The van der Waals surface area contributed by atoms with Gasteiger partial charge >= 0.3 is 0 Å². The molecule has 0 aliphatic carbocycles. The molecule has 0 aliphatic heterocycles. The zero-order chi connectivity index (χ0) is 14.3. The third-order valence-electron chi connectivity index (χ3n) is 2.90. The van der Waals surface area contributed by atoms with Gasteiger partial charge in [-0.2, -0.15) is 0 Å². The molecule has 20 heavy (non-hydrogen) atoms. The van der Waals surface area contributed by atoms with E-state index < -0.39 is 0 Å². The number of aromatic nitrogens is 1. The van der Waals surface area contributed by atoms with Crippen LogP contribution in [0.25, 0.3) is 22.6 Å². The number of rotatable bonds is 2. The quantitative estimate of drug-likeness (QED) is 0.689. The Morgan fingerprint density at radius 3 is 2.85 bits per heavy atom. The normalized spacial score (nSPS) is 10.9. The van der Waals surface area contributed by atoms with Gasteiger partial charge in [0.15, 0.2) is 5.58 Å². The molecule has 0 saturated carbocycles. The molecule has 0 unspecified atom stereocenters. The summed E-state index contributed by atoms with van der Waals surface area (Å²) in [5.74, 6) is 1.01. The number of hydrogen-bond donors (Lipinski definition) is 1. The topological polar surface area (TPSA) is 61.3 Å². The molecule has 2 aromatic carbocycles. The molecule has 0 saturated heterocycles. The Kier molecular flexibility index (Phi) is 3.31. The van der Waals surface area contributed by atoms with Crippen molar-refractivity contribution in [3.8, 4) is 17.2 Å². The van der Waals surface area contributed by atoms with E-state index in [-0.39, 0.29) is 0 Å². The average Bonchev–Trinajstić information content (AvgIpc) is 2.84. The lowest BCUT2D eigenvalue weighted by Crippen LogP contribution is -1.93. The monoisotopic (exact) mass is 352 g/mol. The average molecular weight is 354 g/mol. The molecule has 0 radical (unpaired) electrons. The number of hydrogen-bond acceptors (Lipinski definition) is 4. The molecule has 2 N–H and O–H groups in total. The molecule has 0 bridgehead atoms. The highest BCUT2D eigenvalue weighted by Gasteiger charge is 2.15. The van der Waals surface area contributed by atoms with Crippen molar-refractivity contribution in [2.75, 3.05) is 12.8 Å². The van der Waals surface area contributed by atoms with Crippen LogP contribution in [0.1, 0.15) is 0 Å². The van der Waals surface area contributed by atoms with E-state index in [9.17, 15) is 0 Å². The van der Waals surface area contributed by atoms with E-state index >= 15 is 0 Å². The van der Waals surface area contributed by atoms with Crippen LogP contribution in [0.4, 0.5) is 5.69 Å². The fourth-order valence-electron chi connectivity index (χ4n) is 1.92. The zero-order valence-electron chi connectivity index (χ0n) is 10.5. The highest BCUT2D eigenvalue weighted by molar-refractivity contribution is 9.10. The number of nitrogens with zero attached hydrogens (tertiary/aromatic N) is 1. The zero-order valence-corrected chi connectivity index (χ0v) is 12.8. The highest BCUT2D eigenvalue weighted by Crippen LogP contribution is 2.37. The van der Waals surface area contributed by atoms with E-state index in [2.05, 4.69) is 20.9 Å². The second-order valence-electron chi connectivity index (χ2n) is 4.21. The van der Waals surface area contributed by atoms with Crippen LogP contribution in [0, 0.1) is 0 Å². The molecular formula is C14H10BrClN2O2. The van der Waals surface area contributed by atoms with E-state index in [1.807, 2.05) is 18.2 Å². The fraction of sp³-hybridized carbons (Fsp3) is 0.0714. The minimum absolute atomic E-state index is 0.434. The Morgan fingerprint density at radius 1 is 1.30 bits per heavy atom. The van der Waals surface area contributed by atoms with Crippen molar-refractivity contribution in [1.29, 1.82) is 0 Å². The first-order chi connectivity index (χ1) is 9.58. The number of methoxy groups -OCH3 is 1. The number of halogens is 2. The molecule has 0 fully saturated rings. The maximum atomic E-state index is 6.06. The third kappa shape index (κ3) is 2.23. The summed E-state index contributed by atoms with van der Waals surface area (Å²) in [6.07, 6.45) is 0. The first-order valence-corrected chi connectivity index (χ1v) is 6.95. The smallest absolute Gasteiger partial charge is 0.231 e. The highest BCUT2D eigenvalue weighted by atomic mass is 79.9. The summed E-state index contributed by atoms with van der Waals surface area (Å²) < 4.78 is 12.0. The first kappa shape index (κ1) is 13.3. The number of benzene rings is 2. The van der Waals surface area contributed by atoms with Crippen LogP contribution >= 0.6 is 27.5 Å². The molecule has 0 aliphatic rings. The second-order valence-corrected chi connectivity index (χ2v) is 5.53. The van der Waals surface area contributed by atoms with Gasteiger partial charge < -0.3 is 14.9 Å². The molecule has 3 rings (SSSR count). The first-order valence-electron chi connectivity index (χ1n) is 5.78. The Morgan fingerprint density at radius 2 is 2.10 bits per heavy atom. The number of fused-ring (bicyclic) bond motifs is 1. The summed E-state index contributed by atoms with van der Waals surface area (Å²) in [5, 5.41) is 0.434. The SMILES string of the molecule is COc1cc(N)c(Cl)cc1-c1nc2cc(Br)ccc2o1. The molecule has 0 spiro atoms. The van der Waals surface area contributed by atoms with E-state index in [0.29, 0.717) is 33.5 Å². The van der Waals surface area contributed by atoms with Crippen LogP contribution in [0.2, 0.25) is 5.02 Å². The molecule has 3 aromatic rings. The van der Waals surface area contributed by atoms with Crippen molar-refractivity contribution in [3.05, 3.63) is 39.8 Å². The molecule has 4 nitrogen and oxygen atoms in total. The van der Waals surface area contributed by atoms with Crippen LogP contribution in [0.3, 0.4) is 0 Å². The number of ether oxygens (including phenoxy) is 1. The van der Waals surface area contributed by atoms with E-state index in [1.54, 1.807) is 19.2 Å². The lowest BCUT2D eigenvalue weighted by atomic mass is 10.2. The molecular weight excluding hydrogens is 344 g/mol. The summed E-state index contributed by atoms with van der Waals surface area (Å²) in [6.45, 7) is 0. The van der Waals surface area contributed by atoms with Crippen molar-refractivity contribution in [1.82, 2.24) is 4.98 Å². The van der Waals surface area contributed by atoms with Crippen molar-refractivity contribution in [2.24, 2.45) is 0 Å². The molecule has 1 heterocycles. The second kappa shape index (κ2) is 5.00. The van der Waals surface area contributed by atoms with Gasteiger partial charge in [0.25, 0.3) is 0 Å². The lowest BCUT2D eigenvalue weighted by molar-refractivity contribution is 0.415. The minimum Gasteiger partial charge on any atom is -0.496 e. The van der Waals surface area contributed by atoms with Crippen molar-refractivity contribution in [2.45, 2.75) is 0 Å². The van der Waals surface area contributed by atoms with Gasteiger partial charge in [0.2, 0.25) is 5.89 Å². The summed E-state index contributed by atoms with van der Waals surface area (Å²) in [6, 6.07) is 8.97. The number of nitrogen functional groups attached to an aromatic ring is 1. The van der Waals surface area contributed by atoms with Crippen LogP contribution < -0.4 is 10.5 Å². The van der Waals surface area contributed by atoms with E-state index in [1.165, 1.54) is 0 Å². The summed E-state index contributed by atoms with van der Waals surface area (Å²) in [4.78, 5) is 4.45. The summed E-state index contributed by atoms with van der Waals surface area (Å²) >= 11 is 9.46. The molecule has 102 valence electrons. The summed E-state index contributed by atoms with van der Waals surface area (Å²) in [5.41, 5.74) is 8.33. The Balaban J connectivity index is 2.22. The standard InChI is InChI=1S/C14H10BrClN2O2/c1-19-13-6-10(17)9(16)5-8(13)14-18-11-4-7(15)2-3-12(11)20-14/h2-6H,17H2,1H3. The van der Waals surface area contributed by atoms with Gasteiger partial charge in [0.05, 0.1) is 23.4 Å². The van der Waals surface area contributed by atoms with Crippen LogP contribution in [-0.2, 0) is 0 Å². The van der Waals surface area contributed by atoms with E-state index in [0.717, 1.165) is 9.99 Å². The predicted molar refractivity (Wildman–Crippen MR) is 83.1 cm³/mol. The van der Waals surface area contributed by atoms with E-state index in [4.69, 9.17) is 26.5 Å². The molecule has 6 heteroatoms. The lowest BCUT2D eigenvalue weighted by Gasteiger charge is -2.07. The Bertz CT molecular complexity index is 801. The predicted octanol–water partition coefficient (Wildman–Crippen LogP) is 4.50. The van der Waals surface area contributed by atoms with Gasteiger partial charge in [-0.1, -0.05) is 27.5 Å². The van der Waals surface area contributed by atoms with Gasteiger partial charge in [-0.3, -0.25) is 0 Å². The van der Waals surface area contributed by atoms with Gasteiger partial charge in [-0.15, -0.1) is 0 Å². The molecule has 0 atom stereocenters. The van der Waals surface area contributed by atoms with Gasteiger partial charge in [-0.05, 0) is 24.3 Å². The Labute approximate surface area is 128 Å². The van der Waals surface area contributed by atoms with Gasteiger partial charge in [0.1, 0.15) is 11.3 Å². The Hall–Kier alpha value is -1.72. The molecule has 1 aromatic heterocycles.